The molecule has 1 unspecified atom stereocenters. The highest BCUT2D eigenvalue weighted by atomic mass is 32.1. The van der Waals surface area contributed by atoms with Crippen LogP contribution in [0.4, 0.5) is 5.69 Å². The summed E-state index contributed by atoms with van der Waals surface area (Å²) in [4.78, 5) is 25.3. The fourth-order valence-electron chi connectivity index (χ4n) is 3.32. The number of thiocarbonyl (C=S) groups is 1. The number of rotatable bonds is 10. The average molecular weight is 472 g/mol. The Bertz CT molecular complexity index is 963. The summed E-state index contributed by atoms with van der Waals surface area (Å²) in [7, 11) is 0. The van der Waals surface area contributed by atoms with Crippen molar-refractivity contribution in [3.63, 3.8) is 0 Å². The van der Waals surface area contributed by atoms with Gasteiger partial charge in [-0.25, -0.2) is 0 Å². The molecule has 0 aromatic heterocycles. The number of hydrogen-bond acceptors (Lipinski definition) is 6. The molecule has 0 radical (unpaired) electrons. The molecule has 2 amide bonds. The van der Waals surface area contributed by atoms with Gasteiger partial charge in [0, 0.05) is 25.3 Å². The smallest absolute Gasteiger partial charge is 0.257 e. The predicted molar refractivity (Wildman–Crippen MR) is 130 cm³/mol. The van der Waals surface area contributed by atoms with E-state index in [1.54, 1.807) is 48.5 Å². The van der Waals surface area contributed by atoms with Crippen LogP contribution in [0, 0.1) is 0 Å². The molecule has 2 aromatic carbocycles. The number of nitrogens with one attached hydrogen (secondary N) is 3. The Balaban J connectivity index is 1.55. The van der Waals surface area contributed by atoms with Gasteiger partial charge in [-0.2, -0.15) is 0 Å². The summed E-state index contributed by atoms with van der Waals surface area (Å²) in [5, 5.41) is 8.56. The lowest BCUT2D eigenvalue weighted by atomic mass is 10.1. The van der Waals surface area contributed by atoms with Crippen LogP contribution in [-0.4, -0.2) is 56.0 Å². The SMILES string of the molecule is CCOCCOc1cccc(C(=O)NC(=S)Nc2ccccc2C(=O)NCC2CCCO2)c1. The summed E-state index contributed by atoms with van der Waals surface area (Å²) in [5.41, 5.74) is 1.33. The first-order chi connectivity index (χ1) is 16.1. The van der Waals surface area contributed by atoms with Crippen LogP contribution in [0.15, 0.2) is 48.5 Å². The van der Waals surface area contributed by atoms with Crippen LogP contribution in [0.25, 0.3) is 0 Å². The minimum Gasteiger partial charge on any atom is -0.491 e. The molecule has 1 atom stereocenters. The number of carbonyl (C=O) groups excluding carboxylic acids is 2. The van der Waals surface area contributed by atoms with Crippen molar-refractivity contribution in [2.45, 2.75) is 25.9 Å². The van der Waals surface area contributed by atoms with Gasteiger partial charge < -0.3 is 24.8 Å². The molecule has 3 rings (SSSR count). The summed E-state index contributed by atoms with van der Waals surface area (Å²) in [5.74, 6) is -0.0582. The second-order valence-electron chi connectivity index (χ2n) is 7.37. The Morgan fingerprint density at radius 1 is 1.12 bits per heavy atom. The Kier molecular flexibility index (Phi) is 9.61. The highest BCUT2D eigenvalue weighted by molar-refractivity contribution is 7.80. The number of hydrogen-bond donors (Lipinski definition) is 3. The van der Waals surface area contributed by atoms with Crippen LogP contribution in [-0.2, 0) is 9.47 Å². The van der Waals surface area contributed by atoms with Gasteiger partial charge in [0.15, 0.2) is 5.11 Å². The maximum Gasteiger partial charge on any atom is 0.257 e. The largest absolute Gasteiger partial charge is 0.491 e. The van der Waals surface area contributed by atoms with Crippen molar-refractivity contribution >= 4 is 34.8 Å². The van der Waals surface area contributed by atoms with Crippen molar-refractivity contribution in [2.24, 2.45) is 0 Å². The van der Waals surface area contributed by atoms with Gasteiger partial charge in [-0.05, 0) is 62.3 Å². The standard InChI is InChI=1S/C24H29N3O5S/c1-2-30-13-14-32-18-8-5-7-17(15-18)22(28)27-24(33)26-21-11-4-3-10-20(21)23(29)25-16-19-9-6-12-31-19/h3-5,7-8,10-11,15,19H,2,6,9,12-14,16H2,1H3,(H,25,29)(H2,26,27,28,33). The van der Waals surface area contributed by atoms with Gasteiger partial charge in [-0.3, -0.25) is 14.9 Å². The molecule has 2 aromatic rings. The van der Waals surface area contributed by atoms with E-state index in [9.17, 15) is 9.59 Å². The molecular formula is C24H29N3O5S. The Morgan fingerprint density at radius 2 is 1.97 bits per heavy atom. The molecule has 1 heterocycles. The van der Waals surface area contributed by atoms with Crippen molar-refractivity contribution < 1.29 is 23.8 Å². The molecule has 1 aliphatic heterocycles. The molecule has 0 bridgehead atoms. The monoisotopic (exact) mass is 471 g/mol. The molecule has 176 valence electrons. The van der Waals surface area contributed by atoms with Crippen LogP contribution >= 0.6 is 12.2 Å². The molecule has 8 nitrogen and oxygen atoms in total. The number of ether oxygens (including phenoxy) is 3. The maximum atomic E-state index is 12.7. The topological polar surface area (TPSA) is 97.9 Å². The molecule has 9 heteroatoms. The average Bonchev–Trinajstić information content (AvgIpc) is 3.34. The van der Waals surface area contributed by atoms with Crippen molar-refractivity contribution in [3.05, 3.63) is 59.7 Å². The van der Waals surface area contributed by atoms with Crippen LogP contribution in [0.2, 0.25) is 0 Å². The first-order valence-corrected chi connectivity index (χ1v) is 11.4. The van der Waals surface area contributed by atoms with Gasteiger partial charge in [0.2, 0.25) is 0 Å². The molecule has 3 N–H and O–H groups in total. The summed E-state index contributed by atoms with van der Waals surface area (Å²) in [6, 6.07) is 13.8. The van der Waals surface area contributed by atoms with E-state index in [2.05, 4.69) is 16.0 Å². The lowest BCUT2D eigenvalue weighted by molar-refractivity contribution is 0.0858. The van der Waals surface area contributed by atoms with Gasteiger partial charge in [0.1, 0.15) is 12.4 Å². The predicted octanol–water partition coefficient (Wildman–Crippen LogP) is 3.14. The first-order valence-electron chi connectivity index (χ1n) is 11.0. The maximum absolute atomic E-state index is 12.7. The lowest BCUT2D eigenvalue weighted by Gasteiger charge is -2.15. The van der Waals surface area contributed by atoms with Gasteiger partial charge >= 0.3 is 0 Å². The number of carbonyl (C=O) groups is 2. The number of amides is 2. The summed E-state index contributed by atoms with van der Waals surface area (Å²) in [6.45, 7) is 4.59. The molecule has 0 saturated carbocycles. The quantitative estimate of drug-likeness (QED) is 0.362. The molecule has 0 spiro atoms. The summed E-state index contributed by atoms with van der Waals surface area (Å²) >= 11 is 5.30. The summed E-state index contributed by atoms with van der Waals surface area (Å²) < 4.78 is 16.4. The minimum atomic E-state index is -0.386. The Morgan fingerprint density at radius 3 is 2.76 bits per heavy atom. The molecule has 33 heavy (non-hydrogen) atoms. The second kappa shape index (κ2) is 12.9. The van der Waals surface area contributed by atoms with Crippen molar-refractivity contribution in [1.82, 2.24) is 10.6 Å². The van der Waals surface area contributed by atoms with Crippen molar-refractivity contribution in [1.29, 1.82) is 0 Å². The highest BCUT2D eigenvalue weighted by Crippen LogP contribution is 2.17. The zero-order valence-electron chi connectivity index (χ0n) is 18.6. The van der Waals surface area contributed by atoms with E-state index in [0.717, 1.165) is 19.4 Å². The van der Waals surface area contributed by atoms with Gasteiger partial charge in [0.25, 0.3) is 11.8 Å². The van der Waals surface area contributed by atoms with E-state index >= 15 is 0 Å². The molecule has 0 aliphatic carbocycles. The number of para-hydroxylation sites is 1. The third-order valence-corrected chi connectivity index (χ3v) is 5.16. The fourth-order valence-corrected chi connectivity index (χ4v) is 3.52. The Hall–Kier alpha value is -3.01. The second-order valence-corrected chi connectivity index (χ2v) is 7.78. The highest BCUT2D eigenvalue weighted by Gasteiger charge is 2.18. The van der Waals surface area contributed by atoms with Gasteiger partial charge in [-0.15, -0.1) is 0 Å². The van der Waals surface area contributed by atoms with E-state index < -0.39 is 0 Å². The van der Waals surface area contributed by atoms with Gasteiger partial charge in [-0.1, -0.05) is 18.2 Å². The normalized spacial score (nSPS) is 15.0. The van der Waals surface area contributed by atoms with E-state index in [1.165, 1.54) is 0 Å². The van der Waals surface area contributed by atoms with Crippen molar-refractivity contribution in [3.8, 4) is 5.75 Å². The van der Waals surface area contributed by atoms with Crippen LogP contribution in [0.5, 0.6) is 5.75 Å². The fraction of sp³-hybridized carbons (Fsp3) is 0.375. The first kappa shape index (κ1) is 24.6. The zero-order chi connectivity index (χ0) is 23.5. The van der Waals surface area contributed by atoms with Crippen LogP contribution in [0.3, 0.4) is 0 Å². The number of benzene rings is 2. The van der Waals surface area contributed by atoms with Gasteiger partial charge in [0.05, 0.1) is 24.0 Å². The van der Waals surface area contributed by atoms with E-state index in [1.807, 2.05) is 6.92 Å². The molecular weight excluding hydrogens is 442 g/mol. The third kappa shape index (κ3) is 7.81. The zero-order valence-corrected chi connectivity index (χ0v) is 19.4. The van der Waals surface area contributed by atoms with E-state index in [0.29, 0.717) is 48.9 Å². The van der Waals surface area contributed by atoms with Crippen molar-refractivity contribution in [2.75, 3.05) is 38.3 Å². The minimum absolute atomic E-state index is 0.0494. The van der Waals surface area contributed by atoms with E-state index in [4.69, 9.17) is 26.4 Å². The molecule has 1 aliphatic rings. The summed E-state index contributed by atoms with van der Waals surface area (Å²) in [6.07, 6.45) is 2.00. The van der Waals surface area contributed by atoms with E-state index in [-0.39, 0.29) is 23.0 Å². The lowest BCUT2D eigenvalue weighted by Crippen LogP contribution is -2.35. The van der Waals surface area contributed by atoms with Crippen LogP contribution < -0.4 is 20.7 Å². The Labute approximate surface area is 199 Å². The van der Waals surface area contributed by atoms with Crippen LogP contribution in [0.1, 0.15) is 40.5 Å². The third-order valence-electron chi connectivity index (χ3n) is 4.96. The number of anilines is 1. The molecule has 1 fully saturated rings. The molecule has 1 saturated heterocycles.